The minimum atomic E-state index is -1.09. The van der Waals surface area contributed by atoms with Gasteiger partial charge in [-0.1, -0.05) is 29.5 Å². The lowest BCUT2D eigenvalue weighted by atomic mass is 9.98. The van der Waals surface area contributed by atoms with E-state index in [4.69, 9.17) is 4.74 Å². The molecule has 2 N–H and O–H groups in total. The molecule has 180 valence electrons. The summed E-state index contributed by atoms with van der Waals surface area (Å²) in [5.41, 5.74) is 1.11. The number of aliphatic hydroxyl groups is 1. The number of hydrogen-bond acceptors (Lipinski definition) is 8. The third-order valence-electron chi connectivity index (χ3n) is 5.66. The maximum atomic E-state index is 13.3. The van der Waals surface area contributed by atoms with Gasteiger partial charge in [0, 0.05) is 11.8 Å². The average Bonchev–Trinajstić information content (AvgIpc) is 3.42. The summed E-state index contributed by atoms with van der Waals surface area (Å²) < 4.78 is 6.05. The lowest BCUT2D eigenvalue weighted by molar-refractivity contribution is -0.132. The monoisotopic (exact) mass is 501 g/mol. The first kappa shape index (κ1) is 23.2. The van der Waals surface area contributed by atoms with Gasteiger partial charge in [0.25, 0.3) is 5.78 Å². The Morgan fingerprint density at radius 1 is 1.06 bits per heavy atom. The van der Waals surface area contributed by atoms with E-state index < -0.39 is 23.7 Å². The number of carbonyl (C=O) groups is 3. The molecule has 2 aromatic heterocycles. The number of aliphatic hydroxyl groups excluding tert-OH is 1. The van der Waals surface area contributed by atoms with Crippen molar-refractivity contribution in [2.24, 2.45) is 0 Å². The van der Waals surface area contributed by atoms with Crippen molar-refractivity contribution in [2.45, 2.75) is 13.0 Å². The quantitative estimate of drug-likeness (QED) is 0.226. The third-order valence-corrected chi connectivity index (χ3v) is 6.68. The highest BCUT2D eigenvalue weighted by Crippen LogP contribution is 2.44. The lowest BCUT2D eigenvalue weighted by Crippen LogP contribution is -2.29. The van der Waals surface area contributed by atoms with Crippen molar-refractivity contribution in [1.82, 2.24) is 9.97 Å². The van der Waals surface area contributed by atoms with Crippen LogP contribution in [0.2, 0.25) is 0 Å². The number of carboxylic acids is 1. The first-order valence-electron chi connectivity index (χ1n) is 11.0. The number of Topliss-reactive ketones (excluding diaryl/α,β-unsaturated/α-hetero) is 1. The first-order valence-corrected chi connectivity index (χ1v) is 11.8. The first-order chi connectivity index (χ1) is 17.4. The van der Waals surface area contributed by atoms with Crippen LogP contribution in [0.15, 0.2) is 72.4 Å². The van der Waals surface area contributed by atoms with Gasteiger partial charge >= 0.3 is 11.9 Å². The van der Waals surface area contributed by atoms with Crippen LogP contribution in [-0.2, 0) is 9.59 Å². The fourth-order valence-electron chi connectivity index (χ4n) is 4.05. The summed E-state index contributed by atoms with van der Waals surface area (Å²) >= 11 is 1.08. The number of pyridine rings is 1. The predicted molar refractivity (Wildman–Crippen MR) is 133 cm³/mol. The van der Waals surface area contributed by atoms with Gasteiger partial charge in [0.15, 0.2) is 5.13 Å². The minimum Gasteiger partial charge on any atom is -0.507 e. The van der Waals surface area contributed by atoms with Crippen molar-refractivity contribution in [3.63, 3.8) is 0 Å². The molecular weight excluding hydrogens is 482 g/mol. The number of ketones is 1. The number of ether oxygens (including phenoxy) is 1. The van der Waals surface area contributed by atoms with Gasteiger partial charge in [-0.3, -0.25) is 19.5 Å². The van der Waals surface area contributed by atoms with Crippen LogP contribution in [0.5, 0.6) is 5.75 Å². The van der Waals surface area contributed by atoms with E-state index in [9.17, 15) is 24.6 Å². The number of nitrogens with zero attached hydrogens (tertiary/aromatic N) is 3. The molecule has 0 radical (unpaired) electrons. The van der Waals surface area contributed by atoms with Gasteiger partial charge in [-0.15, -0.1) is 0 Å². The molecule has 10 heteroatoms. The SMILES string of the molecule is CCOc1cccc(/C(O)=C2\C(=O)C(=O)N(c3nc4ccc(C(=O)O)cc4s3)C2c2ccccn2)c1. The number of rotatable bonds is 6. The third kappa shape index (κ3) is 3.97. The number of hydrogen-bond donors (Lipinski definition) is 2. The summed E-state index contributed by atoms with van der Waals surface area (Å²) in [5.74, 6) is -2.69. The number of thiazole rings is 1. The predicted octanol–water partition coefficient (Wildman–Crippen LogP) is 4.41. The summed E-state index contributed by atoms with van der Waals surface area (Å²) in [4.78, 5) is 48.0. The molecule has 36 heavy (non-hydrogen) atoms. The zero-order valence-electron chi connectivity index (χ0n) is 18.9. The molecule has 2 aromatic carbocycles. The van der Waals surface area contributed by atoms with Gasteiger partial charge in [-0.25, -0.2) is 9.78 Å². The molecule has 1 saturated heterocycles. The van der Waals surface area contributed by atoms with Gasteiger partial charge in [0.2, 0.25) is 0 Å². The molecule has 0 bridgehead atoms. The van der Waals surface area contributed by atoms with E-state index in [2.05, 4.69) is 9.97 Å². The highest BCUT2D eigenvalue weighted by atomic mass is 32.1. The summed E-state index contributed by atoms with van der Waals surface area (Å²) in [7, 11) is 0. The summed E-state index contributed by atoms with van der Waals surface area (Å²) in [5, 5.41) is 20.7. The highest BCUT2D eigenvalue weighted by Gasteiger charge is 2.48. The molecule has 5 rings (SSSR count). The standard InChI is InChI=1S/C26H19N3O6S/c1-2-35-16-7-5-6-14(12-16)22(30)20-21(18-8-3-4-11-27-18)29(24(32)23(20)31)26-28-17-10-9-15(25(33)34)13-19(17)36-26/h3-13,21,30H,2H2,1H3,(H,33,34)/b22-20+. The molecule has 1 aliphatic rings. The molecule has 9 nitrogen and oxygen atoms in total. The number of carboxylic acid groups (broad SMARTS) is 1. The van der Waals surface area contributed by atoms with Crippen LogP contribution in [-0.4, -0.2) is 44.4 Å². The second-order valence-corrected chi connectivity index (χ2v) is 8.88. The molecule has 0 spiro atoms. The topological polar surface area (TPSA) is 130 Å². The van der Waals surface area contributed by atoms with Gasteiger partial charge in [0.1, 0.15) is 17.6 Å². The zero-order valence-corrected chi connectivity index (χ0v) is 19.7. The Morgan fingerprint density at radius 2 is 1.89 bits per heavy atom. The summed E-state index contributed by atoms with van der Waals surface area (Å²) in [6, 6.07) is 15.1. The molecule has 0 aliphatic carbocycles. The highest BCUT2D eigenvalue weighted by molar-refractivity contribution is 7.22. The zero-order chi connectivity index (χ0) is 25.4. The molecule has 0 saturated carbocycles. The molecule has 1 unspecified atom stereocenters. The fraction of sp³-hybridized carbons (Fsp3) is 0.115. The van der Waals surface area contributed by atoms with Gasteiger partial charge < -0.3 is 14.9 Å². The summed E-state index contributed by atoms with van der Waals surface area (Å²) in [6.07, 6.45) is 1.53. The van der Waals surface area contributed by atoms with Crippen molar-refractivity contribution >= 4 is 50.1 Å². The Hall–Kier alpha value is -4.57. The van der Waals surface area contributed by atoms with Crippen molar-refractivity contribution in [2.75, 3.05) is 11.5 Å². The maximum Gasteiger partial charge on any atom is 0.335 e. The Balaban J connectivity index is 1.69. The molecule has 1 amide bonds. The van der Waals surface area contributed by atoms with E-state index in [1.54, 1.807) is 48.5 Å². The van der Waals surface area contributed by atoms with E-state index in [1.807, 2.05) is 6.92 Å². The normalized spacial score (nSPS) is 17.0. The Morgan fingerprint density at radius 3 is 2.61 bits per heavy atom. The van der Waals surface area contributed by atoms with E-state index in [-0.39, 0.29) is 22.0 Å². The maximum absolute atomic E-state index is 13.3. The fourth-order valence-corrected chi connectivity index (χ4v) is 5.08. The number of fused-ring (bicyclic) bond motifs is 1. The van der Waals surface area contributed by atoms with E-state index in [0.717, 1.165) is 11.3 Å². The van der Waals surface area contributed by atoms with E-state index >= 15 is 0 Å². The van der Waals surface area contributed by atoms with Gasteiger partial charge in [-0.05, 0) is 49.4 Å². The van der Waals surface area contributed by atoms with Crippen LogP contribution in [0.4, 0.5) is 5.13 Å². The molecule has 3 heterocycles. The lowest BCUT2D eigenvalue weighted by Gasteiger charge is -2.22. The molecule has 4 aromatic rings. The van der Waals surface area contributed by atoms with Gasteiger partial charge in [-0.2, -0.15) is 0 Å². The van der Waals surface area contributed by atoms with E-state index in [1.165, 1.54) is 23.2 Å². The number of amides is 1. The Labute approximate surface area is 208 Å². The number of carbonyl (C=O) groups excluding carboxylic acids is 2. The number of anilines is 1. The summed E-state index contributed by atoms with van der Waals surface area (Å²) in [6.45, 7) is 2.25. The second-order valence-electron chi connectivity index (χ2n) is 7.87. The van der Waals surface area contributed by atoms with Crippen LogP contribution in [0.3, 0.4) is 0 Å². The number of aromatic carboxylic acids is 1. The second kappa shape index (κ2) is 9.23. The number of aromatic nitrogens is 2. The van der Waals surface area contributed by atoms with Crippen LogP contribution in [0, 0.1) is 0 Å². The van der Waals surface area contributed by atoms with Gasteiger partial charge in [0.05, 0.1) is 33.7 Å². The Kier molecular flexibility index (Phi) is 5.95. The number of benzene rings is 2. The van der Waals surface area contributed by atoms with E-state index in [0.29, 0.717) is 33.8 Å². The molecule has 1 atom stereocenters. The minimum absolute atomic E-state index is 0.0789. The Bertz CT molecular complexity index is 1550. The van der Waals surface area contributed by atoms with Crippen molar-refractivity contribution in [3.8, 4) is 5.75 Å². The van der Waals surface area contributed by atoms with Crippen molar-refractivity contribution in [3.05, 3.63) is 89.3 Å². The molecule has 1 fully saturated rings. The van der Waals surface area contributed by atoms with Crippen molar-refractivity contribution < 1.29 is 29.3 Å². The van der Waals surface area contributed by atoms with Crippen molar-refractivity contribution in [1.29, 1.82) is 0 Å². The van der Waals surface area contributed by atoms with Crippen LogP contribution >= 0.6 is 11.3 Å². The molecular formula is C26H19N3O6S. The van der Waals surface area contributed by atoms with Crippen LogP contribution in [0.25, 0.3) is 16.0 Å². The molecule has 1 aliphatic heterocycles. The largest absolute Gasteiger partial charge is 0.507 e. The average molecular weight is 502 g/mol. The smallest absolute Gasteiger partial charge is 0.335 e. The van der Waals surface area contributed by atoms with Crippen LogP contribution in [0.1, 0.15) is 34.6 Å². The van der Waals surface area contributed by atoms with Crippen LogP contribution < -0.4 is 9.64 Å².